The van der Waals surface area contributed by atoms with E-state index in [9.17, 15) is 9.18 Å². The maximum absolute atomic E-state index is 13.1. The monoisotopic (exact) mass is 289 g/mol. The molecule has 1 atom stereocenters. The van der Waals surface area contributed by atoms with Crippen LogP contribution in [0.4, 0.5) is 4.39 Å². The smallest absolute Gasteiger partial charge is 0.327 e. The van der Waals surface area contributed by atoms with E-state index in [2.05, 4.69) is 15.9 Å². The van der Waals surface area contributed by atoms with Crippen LogP contribution in [0.1, 0.15) is 11.6 Å². The zero-order valence-electron chi connectivity index (χ0n) is 9.33. The summed E-state index contributed by atoms with van der Waals surface area (Å²) in [5.74, 6) is -0.727. The molecule has 1 unspecified atom stereocenters. The van der Waals surface area contributed by atoms with Gasteiger partial charge in [-0.15, -0.1) is 0 Å². The summed E-state index contributed by atoms with van der Waals surface area (Å²) in [7, 11) is 4.86. The van der Waals surface area contributed by atoms with Crippen LogP contribution in [0.3, 0.4) is 0 Å². The maximum Gasteiger partial charge on any atom is 0.327 e. The molecule has 0 saturated carbocycles. The first-order chi connectivity index (χ1) is 7.47. The Labute approximate surface area is 102 Å². The van der Waals surface area contributed by atoms with Crippen LogP contribution in [0.2, 0.25) is 0 Å². The predicted octanol–water partition coefficient (Wildman–Crippen LogP) is 2.36. The molecule has 0 aliphatic rings. The van der Waals surface area contributed by atoms with Crippen LogP contribution in [0.15, 0.2) is 22.7 Å². The molecule has 0 fully saturated rings. The minimum atomic E-state index is -0.526. The van der Waals surface area contributed by atoms with Gasteiger partial charge in [-0.1, -0.05) is 6.07 Å². The molecule has 0 aromatic heterocycles. The molecule has 0 aliphatic heterocycles. The standard InChI is InChI=1S/C11H13BrFNO2/c1-14(2)10(11(15)16-3)7-4-5-9(13)8(12)6-7/h4-6,10H,1-3H3. The second-order valence-electron chi connectivity index (χ2n) is 3.56. The fourth-order valence-electron chi connectivity index (χ4n) is 1.44. The summed E-state index contributed by atoms with van der Waals surface area (Å²) in [5, 5.41) is 0. The number of rotatable bonds is 3. The molecule has 1 aromatic rings. The highest BCUT2D eigenvalue weighted by Crippen LogP contribution is 2.24. The highest BCUT2D eigenvalue weighted by atomic mass is 79.9. The number of likely N-dealkylation sites (N-methyl/N-ethyl adjacent to an activating group) is 1. The summed E-state index contributed by atoms with van der Waals surface area (Å²) >= 11 is 3.09. The van der Waals surface area contributed by atoms with Crippen molar-refractivity contribution in [3.05, 3.63) is 34.1 Å². The number of hydrogen-bond acceptors (Lipinski definition) is 3. The summed E-state index contributed by atoms with van der Waals surface area (Å²) in [6, 6.07) is 3.94. The van der Waals surface area contributed by atoms with Crippen LogP contribution in [0.5, 0.6) is 0 Å². The van der Waals surface area contributed by atoms with Crippen LogP contribution in [0.25, 0.3) is 0 Å². The average molecular weight is 290 g/mol. The topological polar surface area (TPSA) is 29.5 Å². The third-order valence-electron chi connectivity index (χ3n) is 2.20. The molecule has 88 valence electrons. The van der Waals surface area contributed by atoms with Crippen molar-refractivity contribution in [2.24, 2.45) is 0 Å². The summed E-state index contributed by atoms with van der Waals surface area (Å²) < 4.78 is 18.1. The zero-order chi connectivity index (χ0) is 12.3. The number of ether oxygens (including phenoxy) is 1. The van der Waals surface area contributed by atoms with Crippen molar-refractivity contribution in [3.63, 3.8) is 0 Å². The van der Waals surface area contributed by atoms with Crippen LogP contribution in [-0.2, 0) is 9.53 Å². The van der Waals surface area contributed by atoms with Gasteiger partial charge >= 0.3 is 5.97 Å². The van der Waals surface area contributed by atoms with Crippen LogP contribution in [-0.4, -0.2) is 32.1 Å². The number of hydrogen-bond donors (Lipinski definition) is 0. The van der Waals surface area contributed by atoms with Crippen molar-refractivity contribution < 1.29 is 13.9 Å². The molecule has 5 heteroatoms. The Morgan fingerprint density at radius 3 is 2.56 bits per heavy atom. The van der Waals surface area contributed by atoms with E-state index >= 15 is 0 Å². The molecule has 3 nitrogen and oxygen atoms in total. The molecule has 1 aromatic carbocycles. The fraction of sp³-hybridized carbons (Fsp3) is 0.364. The van der Waals surface area contributed by atoms with Gasteiger partial charge in [0.25, 0.3) is 0 Å². The Bertz CT molecular complexity index is 396. The predicted molar refractivity (Wildman–Crippen MR) is 62.5 cm³/mol. The van der Waals surface area contributed by atoms with Crippen molar-refractivity contribution in [1.82, 2.24) is 4.90 Å². The summed E-state index contributed by atoms with van der Waals surface area (Å²) in [4.78, 5) is 13.3. The van der Waals surface area contributed by atoms with Crippen molar-refractivity contribution >= 4 is 21.9 Å². The lowest BCUT2D eigenvalue weighted by Crippen LogP contribution is -2.28. The summed E-state index contributed by atoms with van der Waals surface area (Å²) in [6.45, 7) is 0. The number of nitrogens with zero attached hydrogens (tertiary/aromatic N) is 1. The minimum Gasteiger partial charge on any atom is -0.468 e. The molecule has 0 spiro atoms. The molecule has 16 heavy (non-hydrogen) atoms. The molecule has 0 saturated heterocycles. The van der Waals surface area contributed by atoms with Gasteiger partial charge in [0.05, 0.1) is 11.6 Å². The zero-order valence-corrected chi connectivity index (χ0v) is 10.9. The Hall–Kier alpha value is -0.940. The Kier molecular flexibility index (Phi) is 4.44. The molecule has 0 N–H and O–H groups in total. The van der Waals surface area contributed by atoms with Gasteiger partial charge in [-0.25, -0.2) is 9.18 Å². The van der Waals surface area contributed by atoms with Crippen LogP contribution < -0.4 is 0 Å². The van der Waals surface area contributed by atoms with Gasteiger partial charge in [0, 0.05) is 0 Å². The first kappa shape index (κ1) is 13.1. The number of benzene rings is 1. The fourth-order valence-corrected chi connectivity index (χ4v) is 1.84. The summed E-state index contributed by atoms with van der Waals surface area (Å²) in [5.41, 5.74) is 0.685. The summed E-state index contributed by atoms with van der Waals surface area (Å²) in [6.07, 6.45) is 0. The maximum atomic E-state index is 13.1. The molecule has 0 amide bonds. The normalized spacial score (nSPS) is 12.6. The molecule has 0 heterocycles. The largest absolute Gasteiger partial charge is 0.468 e. The SMILES string of the molecule is COC(=O)C(c1ccc(F)c(Br)c1)N(C)C. The van der Waals surface area contributed by atoms with Crippen molar-refractivity contribution in [2.45, 2.75) is 6.04 Å². The lowest BCUT2D eigenvalue weighted by molar-refractivity contribution is -0.146. The molecule has 0 aliphatic carbocycles. The van der Waals surface area contributed by atoms with Crippen molar-refractivity contribution in [3.8, 4) is 0 Å². The average Bonchev–Trinajstić information content (AvgIpc) is 2.22. The lowest BCUT2D eigenvalue weighted by Gasteiger charge is -2.22. The molecule has 0 bridgehead atoms. The van der Waals surface area contributed by atoms with Crippen LogP contribution in [0, 0.1) is 5.82 Å². The number of carbonyl (C=O) groups is 1. The lowest BCUT2D eigenvalue weighted by atomic mass is 10.1. The van der Waals surface area contributed by atoms with E-state index in [0.29, 0.717) is 10.0 Å². The Morgan fingerprint density at radius 1 is 1.50 bits per heavy atom. The third-order valence-corrected chi connectivity index (χ3v) is 2.81. The van der Waals surface area contributed by atoms with E-state index in [0.717, 1.165) is 0 Å². The van der Waals surface area contributed by atoms with Gasteiger partial charge in [0.2, 0.25) is 0 Å². The van der Waals surface area contributed by atoms with Crippen LogP contribution >= 0.6 is 15.9 Å². The number of methoxy groups -OCH3 is 1. The van der Waals surface area contributed by atoms with Gasteiger partial charge in [0.1, 0.15) is 11.9 Å². The van der Waals surface area contributed by atoms with Gasteiger partial charge in [0.15, 0.2) is 0 Å². The van der Waals surface area contributed by atoms with Gasteiger partial charge < -0.3 is 4.74 Å². The first-order valence-electron chi connectivity index (χ1n) is 4.66. The molecular weight excluding hydrogens is 277 g/mol. The number of esters is 1. The van der Waals surface area contributed by atoms with E-state index in [4.69, 9.17) is 4.74 Å². The van der Waals surface area contributed by atoms with Gasteiger partial charge in [-0.2, -0.15) is 0 Å². The van der Waals surface area contributed by atoms with Crippen molar-refractivity contribution in [2.75, 3.05) is 21.2 Å². The van der Waals surface area contributed by atoms with Gasteiger partial charge in [-0.05, 0) is 47.7 Å². The number of halogens is 2. The van der Waals surface area contributed by atoms with E-state index in [1.54, 1.807) is 31.1 Å². The molecule has 1 rings (SSSR count). The number of carbonyl (C=O) groups excluding carboxylic acids is 1. The van der Waals surface area contributed by atoms with Crippen molar-refractivity contribution in [1.29, 1.82) is 0 Å². The van der Waals surface area contributed by atoms with E-state index in [-0.39, 0.29) is 11.8 Å². The van der Waals surface area contributed by atoms with E-state index in [1.807, 2.05) is 0 Å². The highest BCUT2D eigenvalue weighted by molar-refractivity contribution is 9.10. The van der Waals surface area contributed by atoms with Gasteiger partial charge in [-0.3, -0.25) is 4.90 Å². The first-order valence-corrected chi connectivity index (χ1v) is 5.46. The van der Waals surface area contributed by atoms with E-state index in [1.165, 1.54) is 13.2 Å². The second kappa shape index (κ2) is 5.41. The minimum absolute atomic E-state index is 0.334. The molecule has 0 radical (unpaired) electrons. The Balaban J connectivity index is 3.11. The third kappa shape index (κ3) is 2.80. The second-order valence-corrected chi connectivity index (χ2v) is 4.42. The highest BCUT2D eigenvalue weighted by Gasteiger charge is 2.24. The quantitative estimate of drug-likeness (QED) is 0.800. The Morgan fingerprint density at radius 2 is 2.12 bits per heavy atom. The molecular formula is C11H13BrFNO2. The van der Waals surface area contributed by atoms with E-state index < -0.39 is 6.04 Å².